The average Bonchev–Trinajstić information content (AvgIpc) is 2.60. The number of aryl methyl sites for hydroxylation is 1. The van der Waals surface area contributed by atoms with Crippen molar-refractivity contribution in [2.24, 2.45) is 5.92 Å². The third kappa shape index (κ3) is 3.68. The number of nitrogens with one attached hydrogen (secondary N) is 1. The minimum absolute atomic E-state index is 0.102. The quantitative estimate of drug-likeness (QED) is 0.842. The molecule has 5 nitrogen and oxygen atoms in total. The Kier molecular flexibility index (Phi) is 5.15. The topological polar surface area (TPSA) is 83.5 Å². The zero-order valence-electron chi connectivity index (χ0n) is 9.94. The molecule has 1 unspecified atom stereocenters. The van der Waals surface area contributed by atoms with E-state index in [1.165, 1.54) is 6.07 Å². The molecule has 1 aromatic heterocycles. The van der Waals surface area contributed by atoms with Gasteiger partial charge in [0.2, 0.25) is 10.0 Å². The zero-order valence-corrected chi connectivity index (χ0v) is 12.3. The van der Waals surface area contributed by atoms with Gasteiger partial charge in [-0.05, 0) is 25.0 Å². The number of hydrogen-bond acceptors (Lipinski definition) is 4. The van der Waals surface area contributed by atoms with Crippen molar-refractivity contribution < 1.29 is 18.3 Å². The van der Waals surface area contributed by atoms with Gasteiger partial charge < -0.3 is 5.11 Å². The molecule has 1 rings (SSSR count). The first-order valence-electron chi connectivity index (χ1n) is 5.26. The van der Waals surface area contributed by atoms with Crippen LogP contribution in [0, 0.1) is 12.8 Å². The number of carbonyl (C=O) groups is 1. The van der Waals surface area contributed by atoms with E-state index < -0.39 is 21.9 Å². The molecule has 0 aliphatic rings. The van der Waals surface area contributed by atoms with E-state index in [1.54, 1.807) is 13.8 Å². The van der Waals surface area contributed by atoms with Gasteiger partial charge in [-0.25, -0.2) is 13.1 Å². The van der Waals surface area contributed by atoms with Crippen LogP contribution in [-0.4, -0.2) is 26.0 Å². The fraction of sp³-hybridized carbons (Fsp3) is 0.500. The van der Waals surface area contributed by atoms with Crippen molar-refractivity contribution in [3.05, 3.63) is 16.0 Å². The number of hydrogen-bond donors (Lipinski definition) is 2. The van der Waals surface area contributed by atoms with E-state index in [1.807, 2.05) is 0 Å². The first-order valence-corrected chi connectivity index (χ1v) is 7.94. The lowest BCUT2D eigenvalue weighted by atomic mass is 10.1. The van der Waals surface area contributed by atoms with E-state index in [2.05, 4.69) is 4.72 Å². The molecule has 8 heteroatoms. The lowest BCUT2D eigenvalue weighted by molar-refractivity contribution is -0.141. The molecular weight excluding hydrogens is 298 g/mol. The van der Waals surface area contributed by atoms with Crippen LogP contribution in [0.15, 0.2) is 10.3 Å². The molecule has 102 valence electrons. The van der Waals surface area contributed by atoms with E-state index in [9.17, 15) is 13.2 Å². The fourth-order valence-corrected chi connectivity index (χ4v) is 4.09. The van der Waals surface area contributed by atoms with Gasteiger partial charge in [0.1, 0.15) is 4.21 Å². The highest BCUT2D eigenvalue weighted by Crippen LogP contribution is 2.29. The van der Waals surface area contributed by atoms with Gasteiger partial charge in [0, 0.05) is 6.54 Å². The van der Waals surface area contributed by atoms with Crippen LogP contribution in [0.3, 0.4) is 0 Å². The Labute approximate surface area is 115 Å². The maximum Gasteiger partial charge on any atom is 0.307 e. The maximum absolute atomic E-state index is 11.9. The molecule has 0 bridgehead atoms. The normalized spacial score (nSPS) is 13.5. The highest BCUT2D eigenvalue weighted by molar-refractivity contribution is 7.91. The first kappa shape index (κ1) is 15.4. The zero-order chi connectivity index (χ0) is 13.9. The van der Waals surface area contributed by atoms with Crippen molar-refractivity contribution in [3.8, 4) is 0 Å². The second-order valence-corrected chi connectivity index (χ2v) is 7.47. The summed E-state index contributed by atoms with van der Waals surface area (Å²) in [4.78, 5) is 10.8. The van der Waals surface area contributed by atoms with Crippen molar-refractivity contribution >= 4 is 38.9 Å². The van der Waals surface area contributed by atoms with Crippen LogP contribution in [0.1, 0.15) is 18.9 Å². The molecule has 0 aliphatic heterocycles. The average molecular weight is 312 g/mol. The molecule has 18 heavy (non-hydrogen) atoms. The Bertz CT molecular complexity index is 519. The molecule has 0 radical (unpaired) electrons. The van der Waals surface area contributed by atoms with Gasteiger partial charge in [0.15, 0.2) is 0 Å². The number of halogens is 1. The van der Waals surface area contributed by atoms with Crippen LogP contribution in [0.25, 0.3) is 0 Å². The van der Waals surface area contributed by atoms with Gasteiger partial charge in [-0.1, -0.05) is 18.5 Å². The highest BCUT2D eigenvalue weighted by Gasteiger charge is 2.22. The van der Waals surface area contributed by atoms with Gasteiger partial charge in [-0.2, -0.15) is 0 Å². The smallest absolute Gasteiger partial charge is 0.307 e. The number of aliphatic carboxylic acids is 1. The third-order valence-corrected chi connectivity index (χ3v) is 5.91. The summed E-state index contributed by atoms with van der Waals surface area (Å²) in [5, 5.41) is 8.84. The number of carboxylic acid groups (broad SMARTS) is 1. The molecule has 0 saturated carbocycles. The van der Waals surface area contributed by atoms with Gasteiger partial charge in [0.05, 0.1) is 10.3 Å². The Hall–Kier alpha value is -0.630. The van der Waals surface area contributed by atoms with Crippen LogP contribution in [0.5, 0.6) is 0 Å². The van der Waals surface area contributed by atoms with Crippen LogP contribution in [0.4, 0.5) is 0 Å². The third-order valence-electron chi connectivity index (χ3n) is 2.46. The van der Waals surface area contributed by atoms with Crippen molar-refractivity contribution in [2.75, 3.05) is 6.54 Å². The number of carboxylic acids is 1. The number of rotatable bonds is 6. The summed E-state index contributed by atoms with van der Waals surface area (Å²) in [5.41, 5.74) is 0.687. The van der Waals surface area contributed by atoms with Crippen LogP contribution in [0.2, 0.25) is 4.34 Å². The summed E-state index contributed by atoms with van der Waals surface area (Å²) in [6.07, 6.45) is 0.363. The molecule has 2 N–H and O–H groups in total. The van der Waals surface area contributed by atoms with E-state index in [0.29, 0.717) is 16.3 Å². The second-order valence-electron chi connectivity index (χ2n) is 3.82. The summed E-state index contributed by atoms with van der Waals surface area (Å²) in [5.74, 6) is -1.74. The standard InChI is InChI=1S/C10H14ClNO4S2/c1-3-7(10(13)14)5-12-18(15,16)8-4-6(2)9(11)17-8/h4,7,12H,3,5H2,1-2H3,(H,13,14). The van der Waals surface area contributed by atoms with E-state index in [0.717, 1.165) is 11.3 Å². The van der Waals surface area contributed by atoms with Crippen molar-refractivity contribution in [2.45, 2.75) is 24.5 Å². The minimum Gasteiger partial charge on any atom is -0.481 e. The summed E-state index contributed by atoms with van der Waals surface area (Å²) >= 11 is 6.76. The fourth-order valence-electron chi connectivity index (χ4n) is 1.25. The van der Waals surface area contributed by atoms with Gasteiger partial charge in [0.25, 0.3) is 0 Å². The summed E-state index contributed by atoms with van der Waals surface area (Å²) in [6, 6.07) is 1.47. The second kappa shape index (κ2) is 6.01. The molecule has 0 aliphatic carbocycles. The molecule has 0 fully saturated rings. The molecule has 1 heterocycles. The number of sulfonamides is 1. The minimum atomic E-state index is -3.68. The Morgan fingerprint density at radius 2 is 2.22 bits per heavy atom. The molecule has 0 spiro atoms. The monoisotopic (exact) mass is 311 g/mol. The van der Waals surface area contributed by atoms with Crippen LogP contribution < -0.4 is 4.72 Å². The first-order chi connectivity index (χ1) is 8.27. The summed E-state index contributed by atoms with van der Waals surface area (Å²) in [6.45, 7) is 3.28. The molecule has 0 saturated heterocycles. The number of thiophene rings is 1. The maximum atomic E-state index is 11.9. The predicted molar refractivity (Wildman–Crippen MR) is 70.7 cm³/mol. The van der Waals surface area contributed by atoms with E-state index >= 15 is 0 Å². The summed E-state index contributed by atoms with van der Waals surface area (Å²) in [7, 11) is -3.68. The largest absolute Gasteiger partial charge is 0.481 e. The van der Waals surface area contributed by atoms with Crippen molar-refractivity contribution in [1.29, 1.82) is 0 Å². The molecule has 0 amide bonds. The Morgan fingerprint density at radius 1 is 1.61 bits per heavy atom. The Balaban J connectivity index is 2.80. The Morgan fingerprint density at radius 3 is 2.61 bits per heavy atom. The lowest BCUT2D eigenvalue weighted by Crippen LogP contribution is -2.32. The van der Waals surface area contributed by atoms with E-state index in [-0.39, 0.29) is 10.8 Å². The predicted octanol–water partition coefficient (Wildman–Crippen LogP) is 2.10. The van der Waals surface area contributed by atoms with Gasteiger partial charge in [-0.15, -0.1) is 11.3 Å². The lowest BCUT2D eigenvalue weighted by Gasteiger charge is -2.10. The van der Waals surface area contributed by atoms with E-state index in [4.69, 9.17) is 16.7 Å². The van der Waals surface area contributed by atoms with Gasteiger partial charge >= 0.3 is 5.97 Å². The molecule has 1 atom stereocenters. The SMILES string of the molecule is CCC(CNS(=O)(=O)c1cc(C)c(Cl)s1)C(=O)O. The van der Waals surface area contributed by atoms with Crippen LogP contribution in [-0.2, 0) is 14.8 Å². The summed E-state index contributed by atoms with van der Waals surface area (Å²) < 4.78 is 26.6. The van der Waals surface area contributed by atoms with Crippen molar-refractivity contribution in [1.82, 2.24) is 4.72 Å². The van der Waals surface area contributed by atoms with Gasteiger partial charge in [-0.3, -0.25) is 4.79 Å². The molecule has 1 aromatic rings. The molecular formula is C10H14ClNO4S2. The van der Waals surface area contributed by atoms with Crippen molar-refractivity contribution in [3.63, 3.8) is 0 Å². The van der Waals surface area contributed by atoms with Crippen LogP contribution >= 0.6 is 22.9 Å². The molecule has 0 aromatic carbocycles. The highest BCUT2D eigenvalue weighted by atomic mass is 35.5.